The lowest BCUT2D eigenvalue weighted by molar-refractivity contribution is -0.127. The Hall–Kier alpha value is -1.40. The molecule has 1 atom stereocenters. The Bertz CT molecular complexity index is 552. The van der Waals surface area contributed by atoms with Crippen molar-refractivity contribution in [3.8, 4) is 0 Å². The van der Waals surface area contributed by atoms with E-state index in [0.717, 1.165) is 43.4 Å². The molecule has 6 heteroatoms. The summed E-state index contributed by atoms with van der Waals surface area (Å²) in [6.45, 7) is 1.52. The molecule has 1 aromatic heterocycles. The number of carbonyl (C=O) groups is 2. The van der Waals surface area contributed by atoms with Gasteiger partial charge in [0.1, 0.15) is 0 Å². The molecule has 0 aromatic carbocycles. The smallest absolute Gasteiger partial charge is 0.263 e. The second-order valence-corrected chi connectivity index (χ2v) is 7.66. The Morgan fingerprint density at radius 3 is 2.83 bits per heavy atom. The van der Waals surface area contributed by atoms with E-state index in [1.54, 1.807) is 4.90 Å². The lowest BCUT2D eigenvalue weighted by Crippen LogP contribution is -2.48. The van der Waals surface area contributed by atoms with Crippen LogP contribution in [-0.4, -0.2) is 47.1 Å². The van der Waals surface area contributed by atoms with Crippen LogP contribution in [0.15, 0.2) is 17.5 Å². The van der Waals surface area contributed by atoms with Gasteiger partial charge >= 0.3 is 0 Å². The molecule has 0 spiro atoms. The first-order valence-electron chi connectivity index (χ1n) is 8.40. The van der Waals surface area contributed by atoms with Gasteiger partial charge in [-0.25, -0.2) is 0 Å². The molecule has 1 aromatic rings. The van der Waals surface area contributed by atoms with Gasteiger partial charge in [-0.05, 0) is 37.1 Å². The first kappa shape index (κ1) is 16.5. The van der Waals surface area contributed by atoms with Crippen molar-refractivity contribution in [2.45, 2.75) is 44.1 Å². The third-order valence-corrected chi connectivity index (χ3v) is 5.80. The Kier molecular flexibility index (Phi) is 5.02. The number of thiophene rings is 1. The minimum atomic E-state index is -0.725. The van der Waals surface area contributed by atoms with Crippen LogP contribution in [0.3, 0.4) is 0 Å². The molecule has 23 heavy (non-hydrogen) atoms. The van der Waals surface area contributed by atoms with Crippen LogP contribution < -0.4 is 5.32 Å². The molecule has 126 valence electrons. The molecule has 0 bridgehead atoms. The molecule has 3 rings (SSSR count). The van der Waals surface area contributed by atoms with E-state index in [1.807, 2.05) is 17.5 Å². The molecule has 2 N–H and O–H groups in total. The fourth-order valence-corrected chi connectivity index (χ4v) is 4.23. The van der Waals surface area contributed by atoms with Crippen molar-refractivity contribution < 1.29 is 14.7 Å². The van der Waals surface area contributed by atoms with E-state index in [-0.39, 0.29) is 17.7 Å². The van der Waals surface area contributed by atoms with Gasteiger partial charge in [0.05, 0.1) is 16.4 Å². The third kappa shape index (κ3) is 3.93. The lowest BCUT2D eigenvalue weighted by Gasteiger charge is -2.32. The number of aliphatic hydroxyl groups is 1. The number of hydrogen-bond acceptors (Lipinski definition) is 4. The number of nitrogens with one attached hydrogen (secondary N) is 1. The lowest BCUT2D eigenvalue weighted by atomic mass is 9.96. The third-order valence-electron chi connectivity index (χ3n) is 4.94. The second kappa shape index (κ2) is 7.01. The summed E-state index contributed by atoms with van der Waals surface area (Å²) in [6, 6.07) is 3.70. The molecule has 2 amide bonds. The highest BCUT2D eigenvalue weighted by atomic mass is 32.1. The Morgan fingerprint density at radius 2 is 2.13 bits per heavy atom. The molecule has 1 aliphatic carbocycles. The molecule has 5 nitrogen and oxygen atoms in total. The van der Waals surface area contributed by atoms with Gasteiger partial charge in [0.15, 0.2) is 0 Å². The average molecular weight is 336 g/mol. The molecule has 1 unspecified atom stereocenters. The summed E-state index contributed by atoms with van der Waals surface area (Å²) in [6.07, 6.45) is 5.23. The first-order valence-corrected chi connectivity index (χ1v) is 9.28. The summed E-state index contributed by atoms with van der Waals surface area (Å²) >= 11 is 1.44. The summed E-state index contributed by atoms with van der Waals surface area (Å²) in [7, 11) is 0. The first-order chi connectivity index (χ1) is 11.1. The number of hydrogen-bond donors (Lipinski definition) is 2. The van der Waals surface area contributed by atoms with E-state index in [1.165, 1.54) is 11.3 Å². The van der Waals surface area contributed by atoms with Crippen LogP contribution in [-0.2, 0) is 4.79 Å². The van der Waals surface area contributed by atoms with Crippen molar-refractivity contribution in [3.05, 3.63) is 22.4 Å². The van der Waals surface area contributed by atoms with Crippen LogP contribution in [0.5, 0.6) is 0 Å². The van der Waals surface area contributed by atoms with E-state index >= 15 is 0 Å². The Morgan fingerprint density at radius 1 is 1.35 bits per heavy atom. The number of nitrogens with zero attached hydrogens (tertiary/aromatic N) is 1. The molecular weight excluding hydrogens is 312 g/mol. The zero-order valence-corrected chi connectivity index (χ0v) is 14.1. The van der Waals surface area contributed by atoms with E-state index in [2.05, 4.69) is 5.32 Å². The van der Waals surface area contributed by atoms with E-state index in [4.69, 9.17) is 0 Å². The van der Waals surface area contributed by atoms with Gasteiger partial charge in [-0.3, -0.25) is 9.59 Å². The SMILES string of the molecule is O=C(NCC1(O)CCCC1)C1CCCN(C(=O)c2cccs2)C1. The quantitative estimate of drug-likeness (QED) is 0.884. The number of likely N-dealkylation sites (tertiary alicyclic amines) is 1. The highest BCUT2D eigenvalue weighted by Crippen LogP contribution is 2.29. The Labute approximate surface area is 140 Å². The van der Waals surface area contributed by atoms with Crippen LogP contribution in [0.25, 0.3) is 0 Å². The van der Waals surface area contributed by atoms with E-state index in [9.17, 15) is 14.7 Å². The van der Waals surface area contributed by atoms with Gasteiger partial charge in [0.25, 0.3) is 5.91 Å². The van der Waals surface area contributed by atoms with Crippen LogP contribution in [0.1, 0.15) is 48.2 Å². The second-order valence-electron chi connectivity index (χ2n) is 6.72. The standard InChI is InChI=1S/C17H24N2O3S/c20-15(18-12-17(22)7-1-2-8-17)13-5-3-9-19(11-13)16(21)14-6-4-10-23-14/h4,6,10,13,22H,1-3,5,7-9,11-12H2,(H,18,20). The maximum absolute atomic E-state index is 12.4. The van der Waals surface area contributed by atoms with Gasteiger partial charge in [-0.2, -0.15) is 0 Å². The predicted molar refractivity (Wildman–Crippen MR) is 89.4 cm³/mol. The van der Waals surface area contributed by atoms with Gasteiger partial charge in [-0.1, -0.05) is 18.9 Å². The fourth-order valence-electron chi connectivity index (χ4n) is 3.54. The predicted octanol–water partition coefficient (Wildman–Crippen LogP) is 2.02. The number of carbonyl (C=O) groups excluding carboxylic acids is 2. The van der Waals surface area contributed by atoms with Crippen molar-refractivity contribution in [2.24, 2.45) is 5.92 Å². The normalized spacial score (nSPS) is 23.7. The van der Waals surface area contributed by atoms with Crippen molar-refractivity contribution in [2.75, 3.05) is 19.6 Å². The minimum Gasteiger partial charge on any atom is -0.388 e. The van der Waals surface area contributed by atoms with Crippen LogP contribution in [0.4, 0.5) is 0 Å². The van der Waals surface area contributed by atoms with Crippen LogP contribution >= 0.6 is 11.3 Å². The van der Waals surface area contributed by atoms with Crippen molar-refractivity contribution in [1.29, 1.82) is 0 Å². The molecule has 0 radical (unpaired) electrons. The zero-order chi connectivity index (χ0) is 16.3. The van der Waals surface area contributed by atoms with Gasteiger partial charge in [0, 0.05) is 19.6 Å². The summed E-state index contributed by atoms with van der Waals surface area (Å²) in [4.78, 5) is 27.3. The zero-order valence-electron chi connectivity index (χ0n) is 13.3. The average Bonchev–Trinajstić information content (AvgIpc) is 3.24. The highest BCUT2D eigenvalue weighted by Gasteiger charge is 2.34. The molecule has 1 saturated carbocycles. The van der Waals surface area contributed by atoms with E-state index in [0.29, 0.717) is 19.6 Å². The van der Waals surface area contributed by atoms with Gasteiger partial charge in [-0.15, -0.1) is 11.3 Å². The summed E-state index contributed by atoms with van der Waals surface area (Å²) in [5.74, 6) is -0.182. The largest absolute Gasteiger partial charge is 0.388 e. The monoisotopic (exact) mass is 336 g/mol. The molecule has 1 saturated heterocycles. The van der Waals surface area contributed by atoms with Gasteiger partial charge < -0.3 is 15.3 Å². The summed E-state index contributed by atoms with van der Waals surface area (Å²) in [5.41, 5.74) is -0.725. The maximum Gasteiger partial charge on any atom is 0.263 e. The van der Waals surface area contributed by atoms with E-state index < -0.39 is 5.60 Å². The molecule has 2 fully saturated rings. The minimum absolute atomic E-state index is 0.0203. The molecule has 1 aliphatic heterocycles. The highest BCUT2D eigenvalue weighted by molar-refractivity contribution is 7.12. The van der Waals surface area contributed by atoms with Gasteiger partial charge in [0.2, 0.25) is 5.91 Å². The number of piperidine rings is 1. The van der Waals surface area contributed by atoms with Crippen molar-refractivity contribution in [3.63, 3.8) is 0 Å². The topological polar surface area (TPSA) is 69.6 Å². The molecule has 2 heterocycles. The van der Waals surface area contributed by atoms with Crippen LogP contribution in [0.2, 0.25) is 0 Å². The summed E-state index contributed by atoms with van der Waals surface area (Å²) < 4.78 is 0. The van der Waals surface area contributed by atoms with Crippen molar-refractivity contribution in [1.82, 2.24) is 10.2 Å². The fraction of sp³-hybridized carbons (Fsp3) is 0.647. The van der Waals surface area contributed by atoms with Crippen molar-refractivity contribution >= 4 is 23.2 Å². The summed E-state index contributed by atoms with van der Waals surface area (Å²) in [5, 5.41) is 15.1. The molecule has 2 aliphatic rings. The number of amides is 2. The van der Waals surface area contributed by atoms with Crippen LogP contribution in [0, 0.1) is 5.92 Å². The Balaban J connectivity index is 1.53. The molecular formula is C17H24N2O3S. The number of rotatable bonds is 4. The maximum atomic E-state index is 12.4.